The van der Waals surface area contributed by atoms with E-state index in [2.05, 4.69) is 4.98 Å². The Morgan fingerprint density at radius 1 is 1.55 bits per heavy atom. The van der Waals surface area contributed by atoms with Gasteiger partial charge in [0.15, 0.2) is 6.29 Å². The van der Waals surface area contributed by atoms with E-state index in [1.807, 2.05) is 0 Å². The third-order valence-electron chi connectivity index (χ3n) is 0.976. The maximum absolute atomic E-state index is 10.6. The molecule has 1 rings (SSSR count). The van der Waals surface area contributed by atoms with Crippen LogP contribution in [-0.4, -0.2) is 23.5 Å². The zero-order chi connectivity index (χ0) is 8.69. The van der Waals surface area contributed by atoms with E-state index in [1.165, 1.54) is 12.3 Å². The van der Waals surface area contributed by atoms with Crippen LogP contribution >= 0.6 is 0 Å². The Kier molecular flexibility index (Phi) is 4.68. The van der Waals surface area contributed by atoms with Crippen LogP contribution in [0.25, 0.3) is 0 Å². The van der Waals surface area contributed by atoms with Gasteiger partial charge in [0.25, 0.3) is 5.56 Å². The van der Waals surface area contributed by atoms with Gasteiger partial charge >= 0.3 is 0 Å². The molecule has 11 heavy (non-hydrogen) atoms. The number of aromatic amines is 1. The van der Waals surface area contributed by atoms with Gasteiger partial charge in [0.2, 0.25) is 0 Å². The third-order valence-corrected chi connectivity index (χ3v) is 0.976. The predicted molar refractivity (Wildman–Crippen MR) is 40.6 cm³/mol. The molecule has 0 bridgehead atoms. The Bertz CT molecular complexity index is 266. The lowest BCUT2D eigenvalue weighted by molar-refractivity contribution is 0.112. The maximum atomic E-state index is 10.6. The van der Waals surface area contributed by atoms with Crippen LogP contribution in [0.1, 0.15) is 10.4 Å². The minimum Gasteiger partial charge on any atom is -0.400 e. The molecule has 4 heteroatoms. The fourth-order valence-electron chi connectivity index (χ4n) is 0.527. The van der Waals surface area contributed by atoms with E-state index >= 15 is 0 Å². The van der Waals surface area contributed by atoms with Crippen LogP contribution in [0, 0.1) is 0 Å². The summed E-state index contributed by atoms with van der Waals surface area (Å²) < 4.78 is 0. The lowest BCUT2D eigenvalue weighted by Crippen LogP contribution is -2.09. The molecule has 0 fully saturated rings. The van der Waals surface area contributed by atoms with E-state index in [-0.39, 0.29) is 11.1 Å². The van der Waals surface area contributed by atoms with E-state index in [0.717, 1.165) is 7.11 Å². The molecule has 0 amide bonds. The first-order valence-corrected chi connectivity index (χ1v) is 2.92. The third kappa shape index (κ3) is 2.77. The molecule has 0 spiro atoms. The smallest absolute Gasteiger partial charge is 0.258 e. The van der Waals surface area contributed by atoms with E-state index in [1.54, 1.807) is 6.07 Å². The molecule has 1 heterocycles. The van der Waals surface area contributed by atoms with Crippen molar-refractivity contribution in [2.24, 2.45) is 0 Å². The summed E-state index contributed by atoms with van der Waals surface area (Å²) in [5.74, 6) is 0. The molecule has 0 aliphatic carbocycles. The molecule has 0 unspecified atom stereocenters. The van der Waals surface area contributed by atoms with E-state index in [4.69, 9.17) is 5.11 Å². The molecule has 1 aromatic heterocycles. The number of carbonyl (C=O) groups excluding carboxylic acids is 1. The first kappa shape index (κ1) is 9.58. The topological polar surface area (TPSA) is 70.2 Å². The number of hydrogen-bond acceptors (Lipinski definition) is 3. The molecular formula is C7H9NO3. The molecule has 60 valence electrons. The monoisotopic (exact) mass is 155 g/mol. The van der Waals surface area contributed by atoms with Gasteiger partial charge in [-0.2, -0.15) is 0 Å². The van der Waals surface area contributed by atoms with Crippen LogP contribution in [0.4, 0.5) is 0 Å². The van der Waals surface area contributed by atoms with E-state index in [0.29, 0.717) is 6.29 Å². The standard InChI is InChI=1S/C6H5NO2.CH4O/c8-4-5-2-1-3-7-6(5)9;1-2/h1-4H,(H,7,9);2H,1H3. The highest BCUT2D eigenvalue weighted by molar-refractivity contribution is 5.73. The number of aliphatic hydroxyl groups is 1. The zero-order valence-electron chi connectivity index (χ0n) is 6.07. The first-order valence-electron chi connectivity index (χ1n) is 2.92. The summed E-state index contributed by atoms with van der Waals surface area (Å²) >= 11 is 0. The molecular weight excluding hydrogens is 146 g/mol. The Morgan fingerprint density at radius 3 is 2.55 bits per heavy atom. The van der Waals surface area contributed by atoms with Crippen LogP contribution in [0.3, 0.4) is 0 Å². The van der Waals surface area contributed by atoms with Crippen molar-refractivity contribution < 1.29 is 9.90 Å². The van der Waals surface area contributed by atoms with Crippen LogP contribution in [0.15, 0.2) is 23.1 Å². The second-order valence-electron chi connectivity index (χ2n) is 1.57. The van der Waals surface area contributed by atoms with Gasteiger partial charge in [-0.05, 0) is 12.1 Å². The second kappa shape index (κ2) is 5.37. The van der Waals surface area contributed by atoms with Gasteiger partial charge in [0, 0.05) is 13.3 Å². The number of carbonyl (C=O) groups is 1. The minimum absolute atomic E-state index is 0.164. The van der Waals surface area contributed by atoms with Crippen molar-refractivity contribution in [1.29, 1.82) is 0 Å². The predicted octanol–water partition coefficient (Wildman–Crippen LogP) is -0.204. The summed E-state index contributed by atoms with van der Waals surface area (Å²) in [6, 6.07) is 3.07. The van der Waals surface area contributed by atoms with Crippen molar-refractivity contribution in [3.63, 3.8) is 0 Å². The Hall–Kier alpha value is -1.42. The van der Waals surface area contributed by atoms with Gasteiger partial charge in [0.05, 0.1) is 5.56 Å². The van der Waals surface area contributed by atoms with Gasteiger partial charge in [-0.15, -0.1) is 0 Å². The zero-order valence-corrected chi connectivity index (χ0v) is 6.07. The molecule has 2 N–H and O–H groups in total. The molecule has 0 aliphatic rings. The Morgan fingerprint density at radius 2 is 2.18 bits per heavy atom. The van der Waals surface area contributed by atoms with Crippen LogP contribution in [0.2, 0.25) is 0 Å². The number of nitrogens with one attached hydrogen (secondary N) is 1. The number of H-pyrrole nitrogens is 1. The SMILES string of the molecule is CO.O=Cc1ccc[nH]c1=O. The van der Waals surface area contributed by atoms with Crippen LogP contribution in [0.5, 0.6) is 0 Å². The van der Waals surface area contributed by atoms with Gasteiger partial charge in [-0.1, -0.05) is 0 Å². The summed E-state index contributed by atoms with van der Waals surface area (Å²) in [6.07, 6.45) is 2.01. The summed E-state index contributed by atoms with van der Waals surface area (Å²) in [5, 5.41) is 7.00. The molecule has 0 radical (unpaired) electrons. The summed E-state index contributed by atoms with van der Waals surface area (Å²) in [6.45, 7) is 0. The number of aromatic nitrogens is 1. The van der Waals surface area contributed by atoms with Crippen LogP contribution < -0.4 is 5.56 Å². The van der Waals surface area contributed by atoms with Gasteiger partial charge in [0.1, 0.15) is 0 Å². The van der Waals surface area contributed by atoms with Crippen molar-refractivity contribution in [3.05, 3.63) is 34.2 Å². The van der Waals surface area contributed by atoms with Crippen molar-refractivity contribution in [1.82, 2.24) is 4.98 Å². The molecule has 0 aromatic carbocycles. The number of rotatable bonds is 1. The van der Waals surface area contributed by atoms with E-state index < -0.39 is 0 Å². The van der Waals surface area contributed by atoms with Gasteiger partial charge < -0.3 is 10.1 Å². The number of aldehydes is 1. The first-order chi connectivity index (χ1) is 5.34. The minimum atomic E-state index is -0.340. The molecule has 1 aromatic rings. The highest BCUT2D eigenvalue weighted by Gasteiger charge is 1.90. The lowest BCUT2D eigenvalue weighted by Gasteiger charge is -1.82. The van der Waals surface area contributed by atoms with Gasteiger partial charge in [-0.25, -0.2) is 0 Å². The fraction of sp³-hybridized carbons (Fsp3) is 0.143. The average Bonchev–Trinajstić information content (AvgIpc) is 2.09. The van der Waals surface area contributed by atoms with Crippen molar-refractivity contribution in [2.45, 2.75) is 0 Å². The number of pyridine rings is 1. The van der Waals surface area contributed by atoms with Crippen molar-refractivity contribution in [3.8, 4) is 0 Å². The van der Waals surface area contributed by atoms with Crippen molar-refractivity contribution >= 4 is 6.29 Å². The summed E-state index contributed by atoms with van der Waals surface area (Å²) in [7, 11) is 1.00. The Labute approximate surface area is 63.5 Å². The number of hydrogen-bond donors (Lipinski definition) is 2. The van der Waals surface area contributed by atoms with Crippen molar-refractivity contribution in [2.75, 3.05) is 7.11 Å². The lowest BCUT2D eigenvalue weighted by atomic mass is 10.3. The normalized spacial score (nSPS) is 7.82. The molecule has 0 saturated heterocycles. The van der Waals surface area contributed by atoms with Crippen LogP contribution in [-0.2, 0) is 0 Å². The summed E-state index contributed by atoms with van der Waals surface area (Å²) in [4.78, 5) is 22.9. The average molecular weight is 155 g/mol. The Balaban J connectivity index is 0.000000461. The molecule has 0 saturated carbocycles. The largest absolute Gasteiger partial charge is 0.400 e. The highest BCUT2D eigenvalue weighted by atomic mass is 16.2. The summed E-state index contributed by atoms with van der Waals surface area (Å²) in [5.41, 5.74) is -0.176. The fourth-order valence-corrected chi connectivity index (χ4v) is 0.527. The number of aliphatic hydroxyl groups excluding tert-OH is 1. The maximum Gasteiger partial charge on any atom is 0.258 e. The second-order valence-corrected chi connectivity index (χ2v) is 1.57. The molecule has 0 atom stereocenters. The van der Waals surface area contributed by atoms with Gasteiger partial charge in [-0.3, -0.25) is 9.59 Å². The molecule has 0 aliphatic heterocycles. The quantitative estimate of drug-likeness (QED) is 0.551. The highest BCUT2D eigenvalue weighted by Crippen LogP contribution is 1.80. The molecule has 4 nitrogen and oxygen atoms in total. The van der Waals surface area contributed by atoms with E-state index in [9.17, 15) is 9.59 Å².